The van der Waals surface area contributed by atoms with Crippen LogP contribution in [0.15, 0.2) is 30.3 Å². The van der Waals surface area contributed by atoms with Crippen LogP contribution in [0.2, 0.25) is 5.82 Å². The first-order valence-corrected chi connectivity index (χ1v) is 5.88. The molecule has 1 aliphatic carbocycles. The maximum absolute atomic E-state index is 10.7. The van der Waals surface area contributed by atoms with E-state index in [1.165, 1.54) is 7.05 Å². The molecule has 0 aliphatic heterocycles. The second-order valence-corrected chi connectivity index (χ2v) is 4.06. The zero-order valence-corrected chi connectivity index (χ0v) is 10.4. The van der Waals surface area contributed by atoms with Crippen LogP contribution in [0.1, 0.15) is 18.4 Å². The number of nitrogens with one attached hydrogen (secondary N) is 1. The van der Waals surface area contributed by atoms with Gasteiger partial charge in [-0.3, -0.25) is 0 Å². The van der Waals surface area contributed by atoms with E-state index < -0.39 is 13.2 Å². The first-order chi connectivity index (χ1) is 8.63. The van der Waals surface area contributed by atoms with Crippen molar-refractivity contribution >= 4 is 13.2 Å². The SMILES string of the molecule is CNC(=O)OCc1ccccc1.OB(O)C1CC1. The number of carbonyl (C=O) groups is 1. The van der Waals surface area contributed by atoms with Crippen molar-refractivity contribution in [2.75, 3.05) is 7.05 Å². The minimum absolute atomic E-state index is 0.213. The Morgan fingerprint density at radius 1 is 1.39 bits per heavy atom. The molecule has 1 amide bonds. The van der Waals surface area contributed by atoms with E-state index in [1.807, 2.05) is 30.3 Å². The fourth-order valence-electron chi connectivity index (χ4n) is 1.19. The van der Waals surface area contributed by atoms with Crippen molar-refractivity contribution in [3.8, 4) is 0 Å². The van der Waals surface area contributed by atoms with Crippen LogP contribution in [0.4, 0.5) is 4.79 Å². The van der Waals surface area contributed by atoms with Gasteiger partial charge in [0, 0.05) is 7.05 Å². The predicted octanol–water partition coefficient (Wildman–Crippen LogP) is 1.17. The van der Waals surface area contributed by atoms with Crippen LogP contribution in [-0.4, -0.2) is 30.3 Å². The largest absolute Gasteiger partial charge is 0.454 e. The van der Waals surface area contributed by atoms with E-state index >= 15 is 0 Å². The van der Waals surface area contributed by atoms with Gasteiger partial charge in [-0.2, -0.15) is 0 Å². The number of hydrogen-bond acceptors (Lipinski definition) is 4. The molecule has 0 aromatic heterocycles. The van der Waals surface area contributed by atoms with Gasteiger partial charge in [-0.05, 0) is 11.4 Å². The number of benzene rings is 1. The lowest BCUT2D eigenvalue weighted by Crippen LogP contribution is -2.18. The normalized spacial score (nSPS) is 13.1. The van der Waals surface area contributed by atoms with E-state index in [0.29, 0.717) is 6.61 Å². The molecule has 0 unspecified atom stereocenters. The van der Waals surface area contributed by atoms with Crippen LogP contribution in [0.3, 0.4) is 0 Å². The van der Waals surface area contributed by atoms with Gasteiger partial charge in [0.15, 0.2) is 0 Å². The summed E-state index contributed by atoms with van der Waals surface area (Å²) in [7, 11) is 0.498. The Morgan fingerprint density at radius 3 is 2.39 bits per heavy atom. The molecule has 0 saturated heterocycles. The number of ether oxygens (including phenoxy) is 1. The fraction of sp³-hybridized carbons (Fsp3) is 0.417. The highest BCUT2D eigenvalue weighted by molar-refractivity contribution is 6.44. The molecule has 1 aromatic rings. The zero-order valence-electron chi connectivity index (χ0n) is 10.4. The highest BCUT2D eigenvalue weighted by Gasteiger charge is 2.33. The molecule has 0 bridgehead atoms. The monoisotopic (exact) mass is 251 g/mol. The van der Waals surface area contributed by atoms with Crippen molar-refractivity contribution < 1.29 is 19.6 Å². The topological polar surface area (TPSA) is 78.8 Å². The van der Waals surface area contributed by atoms with E-state index in [2.05, 4.69) is 5.32 Å². The van der Waals surface area contributed by atoms with Gasteiger partial charge in [-0.1, -0.05) is 43.2 Å². The standard InChI is InChI=1S/C9H11NO2.C3H7BO2/c1-10-9(11)12-7-8-5-3-2-4-6-8;5-4(6)3-1-2-3/h2-6H,7H2,1H3,(H,10,11);3,5-6H,1-2H2. The second-order valence-electron chi connectivity index (χ2n) is 4.06. The number of carbonyl (C=O) groups excluding carboxylic acids is 1. The van der Waals surface area contributed by atoms with Crippen molar-refractivity contribution in [3.63, 3.8) is 0 Å². The van der Waals surface area contributed by atoms with Crippen LogP contribution in [0.25, 0.3) is 0 Å². The third-order valence-electron chi connectivity index (χ3n) is 2.46. The van der Waals surface area contributed by atoms with Crippen LogP contribution in [-0.2, 0) is 11.3 Å². The molecule has 1 fully saturated rings. The number of alkyl carbamates (subject to hydrolysis) is 1. The Hall–Kier alpha value is -1.53. The summed E-state index contributed by atoms with van der Waals surface area (Å²) in [6, 6.07) is 9.54. The summed E-state index contributed by atoms with van der Waals surface area (Å²) in [6.07, 6.45) is 1.59. The maximum atomic E-state index is 10.7. The smallest absolute Gasteiger partial charge is 0.445 e. The molecule has 1 aromatic carbocycles. The molecular weight excluding hydrogens is 233 g/mol. The lowest BCUT2D eigenvalue weighted by molar-refractivity contribution is 0.142. The van der Waals surface area contributed by atoms with E-state index in [1.54, 1.807) is 0 Å². The summed E-state index contributed by atoms with van der Waals surface area (Å²) < 4.78 is 4.83. The minimum Gasteiger partial charge on any atom is -0.445 e. The Labute approximate surface area is 107 Å². The number of amides is 1. The molecule has 98 valence electrons. The Balaban J connectivity index is 0.000000225. The molecule has 1 aliphatic rings. The highest BCUT2D eigenvalue weighted by Crippen LogP contribution is 2.36. The van der Waals surface area contributed by atoms with E-state index in [9.17, 15) is 4.79 Å². The lowest BCUT2D eigenvalue weighted by atomic mass is 9.84. The lowest BCUT2D eigenvalue weighted by Gasteiger charge is -2.02. The summed E-state index contributed by atoms with van der Waals surface area (Å²) in [5.74, 6) is 0.213. The fourth-order valence-corrected chi connectivity index (χ4v) is 1.19. The summed E-state index contributed by atoms with van der Waals surface area (Å²) in [5, 5.41) is 18.9. The van der Waals surface area contributed by atoms with E-state index in [4.69, 9.17) is 14.8 Å². The van der Waals surface area contributed by atoms with Gasteiger partial charge < -0.3 is 20.1 Å². The molecule has 1 saturated carbocycles. The van der Waals surface area contributed by atoms with E-state index in [0.717, 1.165) is 18.4 Å². The molecule has 0 spiro atoms. The van der Waals surface area contributed by atoms with Gasteiger partial charge in [0.1, 0.15) is 6.61 Å². The van der Waals surface area contributed by atoms with Gasteiger partial charge >= 0.3 is 13.2 Å². The van der Waals surface area contributed by atoms with Crippen LogP contribution >= 0.6 is 0 Å². The summed E-state index contributed by atoms with van der Waals surface area (Å²) in [4.78, 5) is 10.7. The van der Waals surface area contributed by atoms with Gasteiger partial charge in [0.05, 0.1) is 0 Å². The van der Waals surface area contributed by atoms with Crippen LogP contribution in [0.5, 0.6) is 0 Å². The average Bonchev–Trinajstić information content (AvgIpc) is 3.22. The number of hydrogen-bond donors (Lipinski definition) is 3. The minimum atomic E-state index is -1.04. The molecule has 2 rings (SSSR count). The van der Waals surface area contributed by atoms with Gasteiger partial charge in [-0.15, -0.1) is 0 Å². The van der Waals surface area contributed by atoms with Crippen molar-refractivity contribution in [2.45, 2.75) is 25.3 Å². The number of rotatable bonds is 3. The Kier molecular flexibility index (Phi) is 6.25. The molecule has 0 atom stereocenters. The maximum Gasteiger partial charge on any atom is 0.454 e. The first kappa shape index (κ1) is 14.5. The molecule has 6 heteroatoms. The molecule has 3 N–H and O–H groups in total. The third kappa shape index (κ3) is 6.27. The van der Waals surface area contributed by atoms with Gasteiger partial charge in [0.25, 0.3) is 0 Å². The van der Waals surface area contributed by atoms with Gasteiger partial charge in [-0.25, -0.2) is 4.79 Å². The Morgan fingerprint density at radius 2 is 2.00 bits per heavy atom. The molecule has 5 nitrogen and oxygen atoms in total. The van der Waals surface area contributed by atoms with Crippen LogP contribution < -0.4 is 5.32 Å². The third-order valence-corrected chi connectivity index (χ3v) is 2.46. The van der Waals surface area contributed by atoms with Crippen molar-refractivity contribution in [1.29, 1.82) is 0 Å². The average molecular weight is 251 g/mol. The molecular formula is C12H18BNO4. The zero-order chi connectivity index (χ0) is 13.4. The van der Waals surface area contributed by atoms with Crippen molar-refractivity contribution in [2.24, 2.45) is 0 Å². The predicted molar refractivity (Wildman–Crippen MR) is 68.9 cm³/mol. The molecule has 18 heavy (non-hydrogen) atoms. The quantitative estimate of drug-likeness (QED) is 0.704. The Bertz CT molecular complexity index is 354. The van der Waals surface area contributed by atoms with E-state index in [-0.39, 0.29) is 5.82 Å². The molecule has 0 heterocycles. The molecule has 0 radical (unpaired) electrons. The highest BCUT2D eigenvalue weighted by atomic mass is 16.5. The van der Waals surface area contributed by atoms with Crippen LogP contribution in [0, 0.1) is 0 Å². The summed E-state index contributed by atoms with van der Waals surface area (Å²) in [6.45, 7) is 0.320. The second kappa shape index (κ2) is 7.73. The first-order valence-electron chi connectivity index (χ1n) is 5.88. The summed E-state index contributed by atoms with van der Waals surface area (Å²) in [5.41, 5.74) is 0.987. The summed E-state index contributed by atoms with van der Waals surface area (Å²) >= 11 is 0. The van der Waals surface area contributed by atoms with Crippen molar-refractivity contribution in [1.82, 2.24) is 5.32 Å². The van der Waals surface area contributed by atoms with Crippen molar-refractivity contribution in [3.05, 3.63) is 35.9 Å². The van der Waals surface area contributed by atoms with Gasteiger partial charge in [0.2, 0.25) is 0 Å².